The van der Waals surface area contributed by atoms with E-state index < -0.39 is 11.8 Å². The fourth-order valence-electron chi connectivity index (χ4n) is 0.888. The van der Waals surface area contributed by atoms with E-state index >= 15 is 0 Å². The molecular formula is C9H7Cl2FO2. The lowest BCUT2D eigenvalue weighted by atomic mass is 10.2. The van der Waals surface area contributed by atoms with Gasteiger partial charge in [-0.25, -0.2) is 9.18 Å². The Bertz CT molecular complexity index is 366. The summed E-state index contributed by atoms with van der Waals surface area (Å²) in [7, 11) is 0. The van der Waals surface area contributed by atoms with Crippen molar-refractivity contribution in [2.24, 2.45) is 0 Å². The summed E-state index contributed by atoms with van der Waals surface area (Å²) >= 11 is 11.2. The molecule has 0 aliphatic carbocycles. The second kappa shape index (κ2) is 4.62. The lowest BCUT2D eigenvalue weighted by Gasteiger charge is -2.04. The Balaban J connectivity index is 3.09. The Morgan fingerprint density at radius 3 is 2.57 bits per heavy atom. The van der Waals surface area contributed by atoms with E-state index in [9.17, 15) is 9.18 Å². The molecule has 1 aromatic carbocycles. The number of carbonyl (C=O) groups is 1. The van der Waals surface area contributed by atoms with Crippen LogP contribution in [0.2, 0.25) is 10.0 Å². The lowest BCUT2D eigenvalue weighted by Crippen LogP contribution is -2.07. The summed E-state index contributed by atoms with van der Waals surface area (Å²) < 4.78 is 17.8. The standard InChI is InChI=1S/C9H7Cl2FO2/c1-2-14-9(13)5-3-6(10)7(11)4-8(5)12/h3-4H,2H2,1H3. The largest absolute Gasteiger partial charge is 0.462 e. The Labute approximate surface area is 90.6 Å². The SMILES string of the molecule is CCOC(=O)c1cc(Cl)c(Cl)cc1F. The first-order chi connectivity index (χ1) is 6.56. The van der Waals surface area contributed by atoms with Crippen molar-refractivity contribution in [2.75, 3.05) is 6.61 Å². The van der Waals surface area contributed by atoms with E-state index in [1.165, 1.54) is 0 Å². The highest BCUT2D eigenvalue weighted by Gasteiger charge is 2.15. The Kier molecular flexibility index (Phi) is 3.72. The zero-order valence-corrected chi connectivity index (χ0v) is 8.82. The topological polar surface area (TPSA) is 26.3 Å². The Morgan fingerprint density at radius 1 is 1.43 bits per heavy atom. The minimum absolute atomic E-state index is 0.0669. The second-order valence-electron chi connectivity index (χ2n) is 2.47. The molecule has 0 aromatic heterocycles. The molecule has 0 N–H and O–H groups in total. The van der Waals surface area contributed by atoms with Crippen molar-refractivity contribution < 1.29 is 13.9 Å². The summed E-state index contributed by atoms with van der Waals surface area (Å²) in [6, 6.07) is 2.13. The van der Waals surface area contributed by atoms with Crippen LogP contribution in [0.15, 0.2) is 12.1 Å². The van der Waals surface area contributed by atoms with Crippen molar-refractivity contribution in [3.63, 3.8) is 0 Å². The summed E-state index contributed by atoms with van der Waals surface area (Å²) in [5, 5.41) is 0.188. The van der Waals surface area contributed by atoms with Gasteiger partial charge in [0, 0.05) is 0 Å². The number of ether oxygens (including phenoxy) is 1. The summed E-state index contributed by atoms with van der Waals surface area (Å²) in [5.41, 5.74) is -0.207. The van der Waals surface area contributed by atoms with E-state index in [4.69, 9.17) is 23.2 Å². The van der Waals surface area contributed by atoms with E-state index in [-0.39, 0.29) is 22.2 Å². The molecule has 14 heavy (non-hydrogen) atoms. The van der Waals surface area contributed by atoms with E-state index in [1.807, 2.05) is 0 Å². The molecule has 76 valence electrons. The van der Waals surface area contributed by atoms with Gasteiger partial charge in [0.05, 0.1) is 22.2 Å². The van der Waals surface area contributed by atoms with Crippen LogP contribution < -0.4 is 0 Å². The monoisotopic (exact) mass is 236 g/mol. The Hall–Kier alpha value is -0.800. The molecular weight excluding hydrogens is 230 g/mol. The maximum Gasteiger partial charge on any atom is 0.341 e. The highest BCUT2D eigenvalue weighted by molar-refractivity contribution is 6.42. The van der Waals surface area contributed by atoms with Gasteiger partial charge in [0.2, 0.25) is 0 Å². The number of esters is 1. The van der Waals surface area contributed by atoms with Crippen LogP contribution in [-0.4, -0.2) is 12.6 Å². The first-order valence-electron chi connectivity index (χ1n) is 3.88. The normalized spacial score (nSPS) is 10.0. The fraction of sp³-hybridized carbons (Fsp3) is 0.222. The highest BCUT2D eigenvalue weighted by Crippen LogP contribution is 2.25. The van der Waals surface area contributed by atoms with Crippen molar-refractivity contribution in [3.05, 3.63) is 33.6 Å². The average Bonchev–Trinajstić information content (AvgIpc) is 2.11. The molecule has 0 amide bonds. The molecule has 5 heteroatoms. The van der Waals surface area contributed by atoms with E-state index in [1.54, 1.807) is 6.92 Å². The van der Waals surface area contributed by atoms with Crippen LogP contribution in [0.4, 0.5) is 4.39 Å². The Morgan fingerprint density at radius 2 is 2.00 bits per heavy atom. The number of hydrogen-bond acceptors (Lipinski definition) is 2. The third-order valence-electron chi connectivity index (χ3n) is 1.51. The summed E-state index contributed by atoms with van der Waals surface area (Å²) in [5.74, 6) is -1.48. The summed E-state index contributed by atoms with van der Waals surface area (Å²) in [4.78, 5) is 11.2. The molecule has 0 saturated heterocycles. The maximum atomic E-state index is 13.2. The molecule has 1 aromatic rings. The molecule has 2 nitrogen and oxygen atoms in total. The average molecular weight is 237 g/mol. The predicted octanol–water partition coefficient (Wildman–Crippen LogP) is 3.31. The van der Waals surface area contributed by atoms with Crippen LogP contribution in [0.25, 0.3) is 0 Å². The van der Waals surface area contributed by atoms with Gasteiger partial charge in [-0.05, 0) is 19.1 Å². The van der Waals surface area contributed by atoms with Crippen molar-refractivity contribution >= 4 is 29.2 Å². The van der Waals surface area contributed by atoms with Gasteiger partial charge in [0.25, 0.3) is 0 Å². The molecule has 0 saturated carbocycles. The lowest BCUT2D eigenvalue weighted by molar-refractivity contribution is 0.0521. The van der Waals surface area contributed by atoms with Gasteiger partial charge in [-0.1, -0.05) is 23.2 Å². The molecule has 0 bridgehead atoms. The van der Waals surface area contributed by atoms with Crippen LogP contribution in [0, 0.1) is 5.82 Å². The molecule has 0 fully saturated rings. The second-order valence-corrected chi connectivity index (χ2v) is 3.28. The molecule has 0 heterocycles. The van der Waals surface area contributed by atoms with E-state index in [2.05, 4.69) is 4.74 Å². The maximum absolute atomic E-state index is 13.2. The number of carbonyl (C=O) groups excluding carboxylic acids is 1. The third kappa shape index (κ3) is 2.36. The first-order valence-corrected chi connectivity index (χ1v) is 4.63. The zero-order chi connectivity index (χ0) is 10.7. The van der Waals surface area contributed by atoms with E-state index in [0.717, 1.165) is 12.1 Å². The molecule has 0 unspecified atom stereocenters. The summed E-state index contributed by atoms with van der Waals surface area (Å²) in [6.07, 6.45) is 0. The van der Waals surface area contributed by atoms with Crippen LogP contribution in [0.5, 0.6) is 0 Å². The van der Waals surface area contributed by atoms with Gasteiger partial charge in [-0.2, -0.15) is 0 Å². The summed E-state index contributed by atoms with van der Waals surface area (Å²) in [6.45, 7) is 1.81. The van der Waals surface area contributed by atoms with Gasteiger partial charge in [0.15, 0.2) is 0 Å². The van der Waals surface area contributed by atoms with Crippen LogP contribution in [0.3, 0.4) is 0 Å². The zero-order valence-electron chi connectivity index (χ0n) is 7.31. The third-order valence-corrected chi connectivity index (χ3v) is 2.23. The minimum Gasteiger partial charge on any atom is -0.462 e. The van der Waals surface area contributed by atoms with Gasteiger partial charge >= 0.3 is 5.97 Å². The molecule has 0 aliphatic heterocycles. The number of halogens is 3. The first kappa shape index (κ1) is 11.3. The molecule has 0 aliphatic rings. The predicted molar refractivity (Wildman–Crippen MR) is 52.4 cm³/mol. The smallest absolute Gasteiger partial charge is 0.341 e. The van der Waals surface area contributed by atoms with Gasteiger partial charge in [-0.15, -0.1) is 0 Å². The molecule has 0 spiro atoms. The van der Waals surface area contributed by atoms with Gasteiger partial charge in [0.1, 0.15) is 5.82 Å². The quantitative estimate of drug-likeness (QED) is 0.582. The molecule has 1 rings (SSSR count). The van der Waals surface area contributed by atoms with Crippen molar-refractivity contribution in [3.8, 4) is 0 Å². The minimum atomic E-state index is -0.747. The number of hydrogen-bond donors (Lipinski definition) is 0. The van der Waals surface area contributed by atoms with Gasteiger partial charge < -0.3 is 4.74 Å². The highest BCUT2D eigenvalue weighted by atomic mass is 35.5. The molecule has 0 radical (unpaired) electrons. The van der Waals surface area contributed by atoms with Crippen molar-refractivity contribution in [2.45, 2.75) is 6.92 Å². The van der Waals surface area contributed by atoms with Crippen LogP contribution >= 0.6 is 23.2 Å². The number of rotatable bonds is 2. The number of benzene rings is 1. The fourth-order valence-corrected chi connectivity index (χ4v) is 1.20. The molecule has 0 atom stereocenters. The van der Waals surface area contributed by atoms with E-state index in [0.29, 0.717) is 0 Å². The van der Waals surface area contributed by atoms with Crippen molar-refractivity contribution in [1.82, 2.24) is 0 Å². The van der Waals surface area contributed by atoms with Crippen LogP contribution in [0.1, 0.15) is 17.3 Å². The van der Waals surface area contributed by atoms with Gasteiger partial charge in [-0.3, -0.25) is 0 Å². The van der Waals surface area contributed by atoms with Crippen LogP contribution in [-0.2, 0) is 4.74 Å². The van der Waals surface area contributed by atoms with Crippen molar-refractivity contribution in [1.29, 1.82) is 0 Å².